The second-order valence-corrected chi connectivity index (χ2v) is 4.20. The maximum absolute atomic E-state index is 8.52. The Balaban J connectivity index is 2.23. The molecule has 3 N–H and O–H groups in total. The van der Waals surface area contributed by atoms with Crippen molar-refractivity contribution in [3.8, 4) is 0 Å². The molecule has 1 aromatic rings. The molecular formula is C10H16N4O. The van der Waals surface area contributed by atoms with Crippen molar-refractivity contribution in [2.24, 2.45) is 16.8 Å². The molecule has 0 saturated carbocycles. The van der Waals surface area contributed by atoms with Gasteiger partial charge in [0.1, 0.15) is 5.84 Å². The Morgan fingerprint density at radius 3 is 3.33 bits per heavy atom. The number of rotatable bonds is 2. The molecule has 0 amide bonds. The van der Waals surface area contributed by atoms with Crippen LogP contribution in [0.1, 0.15) is 24.7 Å². The second kappa shape index (κ2) is 3.92. The Labute approximate surface area is 88.6 Å². The predicted octanol–water partition coefficient (Wildman–Crippen LogP) is 0.754. The van der Waals surface area contributed by atoms with E-state index >= 15 is 0 Å². The third-order valence-electron chi connectivity index (χ3n) is 2.91. The number of fused-ring (bicyclic) bond motifs is 1. The summed E-state index contributed by atoms with van der Waals surface area (Å²) in [5.74, 6) is 0.912. The van der Waals surface area contributed by atoms with Crippen LogP contribution >= 0.6 is 0 Å². The summed E-state index contributed by atoms with van der Waals surface area (Å²) in [5, 5.41) is 11.5. The molecule has 0 saturated heterocycles. The van der Waals surface area contributed by atoms with Gasteiger partial charge in [-0.1, -0.05) is 12.1 Å². The molecule has 1 aliphatic heterocycles. The summed E-state index contributed by atoms with van der Waals surface area (Å²) in [6.07, 6.45) is 4.52. The normalized spacial score (nSPS) is 21.4. The summed E-state index contributed by atoms with van der Waals surface area (Å²) in [5.41, 5.74) is 7.66. The number of nitrogens with zero attached hydrogens (tertiary/aromatic N) is 3. The van der Waals surface area contributed by atoms with Crippen molar-refractivity contribution in [1.29, 1.82) is 0 Å². The lowest BCUT2D eigenvalue weighted by atomic mass is 9.96. The highest BCUT2D eigenvalue weighted by Crippen LogP contribution is 2.22. The minimum atomic E-state index is 0.217. The zero-order valence-corrected chi connectivity index (χ0v) is 8.85. The van der Waals surface area contributed by atoms with E-state index in [0.717, 1.165) is 18.7 Å². The topological polar surface area (TPSA) is 76.4 Å². The van der Waals surface area contributed by atoms with Crippen LogP contribution in [0.2, 0.25) is 0 Å². The first-order valence-electron chi connectivity index (χ1n) is 5.20. The predicted molar refractivity (Wildman–Crippen MR) is 56.8 cm³/mol. The van der Waals surface area contributed by atoms with Gasteiger partial charge in [0.2, 0.25) is 0 Å². The first-order valence-corrected chi connectivity index (χ1v) is 5.20. The van der Waals surface area contributed by atoms with Crippen LogP contribution in [-0.4, -0.2) is 20.6 Å². The highest BCUT2D eigenvalue weighted by molar-refractivity contribution is 5.81. The van der Waals surface area contributed by atoms with Crippen molar-refractivity contribution in [1.82, 2.24) is 9.55 Å². The van der Waals surface area contributed by atoms with E-state index < -0.39 is 0 Å². The molecular weight excluding hydrogens is 192 g/mol. The monoisotopic (exact) mass is 208 g/mol. The van der Waals surface area contributed by atoms with Crippen molar-refractivity contribution in [3.63, 3.8) is 0 Å². The zero-order valence-electron chi connectivity index (χ0n) is 8.85. The van der Waals surface area contributed by atoms with Crippen molar-refractivity contribution in [3.05, 3.63) is 17.7 Å². The molecule has 2 heterocycles. The molecule has 0 aliphatic carbocycles. The van der Waals surface area contributed by atoms with Gasteiger partial charge < -0.3 is 15.5 Å². The molecule has 0 fully saturated rings. The fourth-order valence-electron chi connectivity index (χ4n) is 2.02. The van der Waals surface area contributed by atoms with Crippen LogP contribution in [0.25, 0.3) is 0 Å². The Kier molecular flexibility index (Phi) is 2.62. The minimum Gasteiger partial charge on any atom is -0.409 e. The van der Waals surface area contributed by atoms with E-state index in [1.807, 2.05) is 6.33 Å². The number of hydrogen-bond acceptors (Lipinski definition) is 3. The van der Waals surface area contributed by atoms with Gasteiger partial charge in [0.05, 0.1) is 18.4 Å². The molecule has 5 heteroatoms. The maximum Gasteiger partial charge on any atom is 0.145 e. The van der Waals surface area contributed by atoms with Gasteiger partial charge in [-0.2, -0.15) is 0 Å². The van der Waals surface area contributed by atoms with Crippen LogP contribution in [0.4, 0.5) is 0 Å². The number of aromatic nitrogens is 2. The first-order chi connectivity index (χ1) is 7.20. The molecule has 5 nitrogen and oxygen atoms in total. The number of aryl methyl sites for hydroxylation is 1. The van der Waals surface area contributed by atoms with Gasteiger partial charge in [-0.25, -0.2) is 4.98 Å². The smallest absolute Gasteiger partial charge is 0.145 e. The van der Waals surface area contributed by atoms with Crippen molar-refractivity contribution < 1.29 is 5.21 Å². The summed E-state index contributed by atoms with van der Waals surface area (Å²) in [7, 11) is 0. The first kappa shape index (κ1) is 10.0. The molecule has 0 spiro atoms. The van der Waals surface area contributed by atoms with E-state index in [0.29, 0.717) is 12.3 Å². The lowest BCUT2D eigenvalue weighted by molar-refractivity contribution is 0.317. The summed E-state index contributed by atoms with van der Waals surface area (Å²) >= 11 is 0. The Morgan fingerprint density at radius 1 is 1.80 bits per heavy atom. The molecule has 1 unspecified atom stereocenters. The third-order valence-corrected chi connectivity index (χ3v) is 2.91. The maximum atomic E-state index is 8.52. The van der Waals surface area contributed by atoms with Gasteiger partial charge in [0.15, 0.2) is 0 Å². The third kappa shape index (κ3) is 1.95. The van der Waals surface area contributed by atoms with Gasteiger partial charge in [0, 0.05) is 12.2 Å². The molecule has 1 aliphatic rings. The highest BCUT2D eigenvalue weighted by atomic mass is 16.4. The summed E-state index contributed by atoms with van der Waals surface area (Å²) < 4.78 is 2.17. The molecule has 1 atom stereocenters. The molecule has 0 radical (unpaired) electrons. The standard InChI is InChI=1S/C10H16N4O/c1-7-2-3-14-6-12-8(9(14)4-7)5-10(11)13-15/h6-7,15H,2-5H2,1H3,(H2,11,13). The van der Waals surface area contributed by atoms with E-state index in [-0.39, 0.29) is 5.84 Å². The van der Waals surface area contributed by atoms with Gasteiger partial charge in [0.25, 0.3) is 0 Å². The number of imidazole rings is 1. The number of hydrogen-bond donors (Lipinski definition) is 2. The summed E-state index contributed by atoms with van der Waals surface area (Å²) in [6, 6.07) is 0. The van der Waals surface area contributed by atoms with E-state index in [1.54, 1.807) is 0 Å². The molecule has 1 aromatic heterocycles. The SMILES string of the molecule is CC1CCn2cnc(C/C(N)=N/O)c2C1. The highest BCUT2D eigenvalue weighted by Gasteiger charge is 2.19. The molecule has 0 bridgehead atoms. The Bertz CT molecular complexity index is 383. The van der Waals surface area contributed by atoms with Crippen LogP contribution in [0.15, 0.2) is 11.5 Å². The average Bonchev–Trinajstić information content (AvgIpc) is 2.61. The minimum absolute atomic E-state index is 0.217. The van der Waals surface area contributed by atoms with Gasteiger partial charge in [-0.15, -0.1) is 0 Å². The molecule has 82 valence electrons. The average molecular weight is 208 g/mol. The lowest BCUT2D eigenvalue weighted by Crippen LogP contribution is -2.20. The molecule has 2 rings (SSSR count). The Hall–Kier alpha value is -1.52. The van der Waals surface area contributed by atoms with Gasteiger partial charge in [-0.05, 0) is 18.8 Å². The quantitative estimate of drug-likeness (QED) is 0.326. The zero-order chi connectivity index (χ0) is 10.8. The van der Waals surface area contributed by atoms with E-state index in [2.05, 4.69) is 21.6 Å². The van der Waals surface area contributed by atoms with Crippen LogP contribution in [0.3, 0.4) is 0 Å². The molecule has 15 heavy (non-hydrogen) atoms. The van der Waals surface area contributed by atoms with Crippen molar-refractivity contribution in [2.45, 2.75) is 32.7 Å². The Morgan fingerprint density at radius 2 is 2.60 bits per heavy atom. The molecule has 0 aromatic carbocycles. The van der Waals surface area contributed by atoms with E-state index in [9.17, 15) is 0 Å². The van der Waals surface area contributed by atoms with Crippen molar-refractivity contribution in [2.75, 3.05) is 0 Å². The number of oxime groups is 1. The number of amidine groups is 1. The van der Waals surface area contributed by atoms with Crippen LogP contribution in [-0.2, 0) is 19.4 Å². The fraction of sp³-hybridized carbons (Fsp3) is 0.600. The second-order valence-electron chi connectivity index (χ2n) is 4.20. The van der Waals surface area contributed by atoms with Crippen LogP contribution < -0.4 is 5.73 Å². The van der Waals surface area contributed by atoms with E-state index in [4.69, 9.17) is 10.9 Å². The van der Waals surface area contributed by atoms with Crippen molar-refractivity contribution >= 4 is 5.84 Å². The fourth-order valence-corrected chi connectivity index (χ4v) is 2.02. The van der Waals surface area contributed by atoms with Gasteiger partial charge >= 0.3 is 0 Å². The van der Waals surface area contributed by atoms with Crippen LogP contribution in [0, 0.1) is 5.92 Å². The largest absolute Gasteiger partial charge is 0.409 e. The van der Waals surface area contributed by atoms with Gasteiger partial charge in [-0.3, -0.25) is 0 Å². The summed E-state index contributed by atoms with van der Waals surface area (Å²) in [6.45, 7) is 3.27. The number of nitrogens with two attached hydrogens (primary N) is 1. The lowest BCUT2D eigenvalue weighted by Gasteiger charge is -2.21. The van der Waals surface area contributed by atoms with Crippen LogP contribution in [0.5, 0.6) is 0 Å². The van der Waals surface area contributed by atoms with E-state index in [1.165, 1.54) is 12.1 Å². The summed E-state index contributed by atoms with van der Waals surface area (Å²) in [4.78, 5) is 4.31.